The minimum absolute atomic E-state index is 0.157. The molecule has 1 N–H and O–H groups in total. The van der Waals surface area contributed by atoms with Crippen LogP contribution in [-0.4, -0.2) is 34.8 Å². The summed E-state index contributed by atoms with van der Waals surface area (Å²) in [5, 5.41) is 12.2. The molecule has 0 amide bonds. The van der Waals surface area contributed by atoms with Gasteiger partial charge in [-0.3, -0.25) is 0 Å². The summed E-state index contributed by atoms with van der Waals surface area (Å²) < 4.78 is 27.9. The molecule has 0 aliphatic heterocycles. The average molecular weight is 444 g/mol. The zero-order valence-corrected chi connectivity index (χ0v) is 18.2. The van der Waals surface area contributed by atoms with Crippen molar-refractivity contribution in [3.63, 3.8) is 0 Å². The van der Waals surface area contributed by atoms with Gasteiger partial charge in [-0.25, -0.2) is 13.4 Å². The highest BCUT2D eigenvalue weighted by molar-refractivity contribution is 7.91. The maximum Gasteiger partial charge on any atom is 0.229 e. The number of nitrogens with one attached hydrogen (secondary N) is 1. The van der Waals surface area contributed by atoms with Gasteiger partial charge in [0.05, 0.1) is 10.4 Å². The van der Waals surface area contributed by atoms with Gasteiger partial charge in [0.1, 0.15) is 5.82 Å². The Morgan fingerprint density at radius 1 is 0.906 bits per heavy atom. The maximum atomic E-state index is 13.2. The van der Waals surface area contributed by atoms with Crippen LogP contribution in [0.1, 0.15) is 18.4 Å². The number of hydrogen-bond donors (Lipinski definition) is 1. The fourth-order valence-electron chi connectivity index (χ4n) is 3.71. The molecule has 2 aromatic heterocycles. The Kier molecular flexibility index (Phi) is 5.07. The molecule has 0 saturated carbocycles. The molecule has 2 heterocycles. The van der Waals surface area contributed by atoms with Crippen molar-refractivity contribution in [1.29, 1.82) is 0 Å². The fraction of sp³-hybridized carbons (Fsp3) is 0.125. The summed E-state index contributed by atoms with van der Waals surface area (Å²) in [5.74, 6) is 0.839. The zero-order chi connectivity index (χ0) is 22.1. The predicted octanol–water partition coefficient (Wildman–Crippen LogP) is 4.33. The van der Waals surface area contributed by atoms with E-state index >= 15 is 0 Å². The van der Waals surface area contributed by atoms with E-state index in [1.165, 1.54) is 10.1 Å². The van der Waals surface area contributed by atoms with E-state index in [4.69, 9.17) is 0 Å². The van der Waals surface area contributed by atoms with Crippen molar-refractivity contribution < 1.29 is 8.42 Å². The van der Waals surface area contributed by atoms with Crippen LogP contribution in [0.3, 0.4) is 0 Å². The number of hydrogen-bond acceptors (Lipinski definition) is 6. The Labute approximate surface area is 185 Å². The maximum absolute atomic E-state index is 13.2. The third-order valence-corrected chi connectivity index (χ3v) is 7.14. The highest BCUT2D eigenvalue weighted by atomic mass is 32.2. The minimum Gasteiger partial charge on any atom is -0.369 e. The lowest BCUT2D eigenvalue weighted by Crippen LogP contribution is -2.12. The Hall–Kier alpha value is -3.78. The van der Waals surface area contributed by atoms with Gasteiger partial charge in [0.2, 0.25) is 14.9 Å². The van der Waals surface area contributed by atoms with Gasteiger partial charge in [-0.15, -0.1) is 5.10 Å². The van der Waals surface area contributed by atoms with Crippen molar-refractivity contribution in [3.05, 3.63) is 90.5 Å². The minimum atomic E-state index is -3.87. The highest BCUT2D eigenvalue weighted by Crippen LogP contribution is 2.28. The molecular formula is C24H21N5O2S. The molecule has 0 fully saturated rings. The van der Waals surface area contributed by atoms with E-state index in [-0.39, 0.29) is 21.5 Å². The van der Waals surface area contributed by atoms with Crippen LogP contribution in [-0.2, 0) is 9.84 Å². The van der Waals surface area contributed by atoms with Gasteiger partial charge in [0.25, 0.3) is 0 Å². The van der Waals surface area contributed by atoms with E-state index in [0.717, 1.165) is 10.9 Å². The molecule has 0 aliphatic carbocycles. The Balaban J connectivity index is 1.61. The topological polar surface area (TPSA) is 89.2 Å². The number of benzene rings is 3. The molecule has 160 valence electrons. The van der Waals surface area contributed by atoms with Gasteiger partial charge < -0.3 is 5.32 Å². The van der Waals surface area contributed by atoms with Crippen molar-refractivity contribution in [3.8, 4) is 0 Å². The quantitative estimate of drug-likeness (QED) is 0.420. The van der Waals surface area contributed by atoms with Crippen LogP contribution in [0.4, 0.5) is 5.82 Å². The summed E-state index contributed by atoms with van der Waals surface area (Å²) in [7, 11) is -3.87. The average Bonchev–Trinajstić information content (AvgIpc) is 3.28. The third-order valence-electron chi connectivity index (χ3n) is 5.47. The summed E-state index contributed by atoms with van der Waals surface area (Å²) in [6, 6.07) is 26.0. The first-order chi connectivity index (χ1) is 15.6. The first-order valence-electron chi connectivity index (χ1n) is 10.3. The van der Waals surface area contributed by atoms with Crippen molar-refractivity contribution in [2.45, 2.75) is 22.8 Å². The largest absolute Gasteiger partial charge is 0.369 e. The predicted molar refractivity (Wildman–Crippen MR) is 124 cm³/mol. The monoisotopic (exact) mass is 443 g/mol. The first kappa shape index (κ1) is 20.1. The van der Waals surface area contributed by atoms with Gasteiger partial charge in [0.15, 0.2) is 5.65 Å². The number of anilines is 1. The second-order valence-electron chi connectivity index (χ2n) is 7.62. The van der Waals surface area contributed by atoms with Crippen molar-refractivity contribution in [1.82, 2.24) is 19.8 Å². The molecule has 1 unspecified atom stereocenters. The smallest absolute Gasteiger partial charge is 0.229 e. The molecule has 32 heavy (non-hydrogen) atoms. The zero-order valence-electron chi connectivity index (χ0n) is 17.4. The standard InChI is InChI=1S/C24H21N5O2S/c1-17(18-10-4-2-5-11-18)16-25-22-20-14-8-9-15-21(20)29-23(26-22)24(27-28-29)32(30,31)19-12-6-3-7-13-19/h2-15,17H,16H2,1H3,(H,25,26). The summed E-state index contributed by atoms with van der Waals surface area (Å²) in [6.07, 6.45) is 0. The van der Waals surface area contributed by atoms with Gasteiger partial charge in [-0.2, -0.15) is 4.52 Å². The normalized spacial score (nSPS) is 12.8. The lowest BCUT2D eigenvalue weighted by atomic mass is 10.0. The molecule has 3 aromatic carbocycles. The highest BCUT2D eigenvalue weighted by Gasteiger charge is 2.27. The van der Waals surface area contributed by atoms with E-state index in [9.17, 15) is 8.42 Å². The third kappa shape index (κ3) is 3.48. The van der Waals surface area contributed by atoms with Crippen LogP contribution < -0.4 is 5.32 Å². The summed E-state index contributed by atoms with van der Waals surface area (Å²) in [4.78, 5) is 4.83. The number of rotatable bonds is 6. The van der Waals surface area contributed by atoms with E-state index in [1.54, 1.807) is 30.3 Å². The number of sulfone groups is 1. The van der Waals surface area contributed by atoms with Crippen molar-refractivity contribution >= 4 is 32.2 Å². The van der Waals surface area contributed by atoms with E-state index in [2.05, 4.69) is 39.7 Å². The Morgan fingerprint density at radius 2 is 1.56 bits per heavy atom. The summed E-state index contributed by atoms with van der Waals surface area (Å²) in [5.41, 5.74) is 2.14. The number of fused-ring (bicyclic) bond motifs is 3. The fourth-order valence-corrected chi connectivity index (χ4v) is 4.97. The summed E-state index contributed by atoms with van der Waals surface area (Å²) in [6.45, 7) is 2.77. The van der Waals surface area contributed by atoms with E-state index in [0.29, 0.717) is 12.4 Å². The molecule has 0 bridgehead atoms. The Morgan fingerprint density at radius 3 is 2.31 bits per heavy atom. The lowest BCUT2D eigenvalue weighted by Gasteiger charge is -2.15. The second-order valence-corrected chi connectivity index (χ2v) is 9.48. The lowest BCUT2D eigenvalue weighted by molar-refractivity contribution is 0.592. The van der Waals surface area contributed by atoms with E-state index in [1.807, 2.05) is 42.5 Å². The van der Waals surface area contributed by atoms with Gasteiger partial charge in [-0.1, -0.05) is 72.8 Å². The van der Waals surface area contributed by atoms with E-state index < -0.39 is 9.84 Å². The summed E-state index contributed by atoms with van der Waals surface area (Å²) >= 11 is 0. The first-order valence-corrected chi connectivity index (χ1v) is 11.8. The van der Waals surface area contributed by atoms with Gasteiger partial charge in [-0.05, 0) is 35.7 Å². The van der Waals surface area contributed by atoms with Crippen LogP contribution in [0.15, 0.2) is 94.9 Å². The molecule has 5 rings (SSSR count). The number of aromatic nitrogens is 4. The van der Waals surface area contributed by atoms with Crippen LogP contribution in [0.5, 0.6) is 0 Å². The Bertz CT molecular complexity index is 1500. The van der Waals surface area contributed by atoms with Crippen LogP contribution >= 0.6 is 0 Å². The molecule has 7 nitrogen and oxygen atoms in total. The van der Waals surface area contributed by atoms with Gasteiger partial charge >= 0.3 is 0 Å². The molecule has 0 radical (unpaired) electrons. The number of para-hydroxylation sites is 1. The second kappa shape index (κ2) is 8.05. The molecule has 1 atom stereocenters. The van der Waals surface area contributed by atoms with Crippen LogP contribution in [0.25, 0.3) is 16.6 Å². The molecule has 8 heteroatoms. The molecule has 0 saturated heterocycles. The van der Waals surface area contributed by atoms with Crippen LogP contribution in [0, 0.1) is 0 Å². The number of nitrogens with zero attached hydrogens (tertiary/aromatic N) is 4. The molecule has 5 aromatic rings. The van der Waals surface area contributed by atoms with Crippen LogP contribution in [0.2, 0.25) is 0 Å². The molecule has 0 spiro atoms. The molecule has 0 aliphatic rings. The SMILES string of the molecule is CC(CNc1nc2c(S(=O)(=O)c3ccccc3)nnn2c2ccccc12)c1ccccc1. The van der Waals surface area contributed by atoms with Gasteiger partial charge in [0, 0.05) is 11.9 Å². The van der Waals surface area contributed by atoms with Crippen molar-refractivity contribution in [2.24, 2.45) is 0 Å². The molecular weight excluding hydrogens is 422 g/mol. The van der Waals surface area contributed by atoms with Crippen molar-refractivity contribution in [2.75, 3.05) is 11.9 Å².